The lowest BCUT2D eigenvalue weighted by atomic mass is 10.3. The van der Waals surface area contributed by atoms with Crippen LogP contribution in [0.5, 0.6) is 0 Å². The van der Waals surface area contributed by atoms with Crippen LogP contribution in [0.2, 0.25) is 0 Å². The molecule has 0 unspecified atom stereocenters. The van der Waals surface area contributed by atoms with E-state index in [1.807, 2.05) is 0 Å². The number of hydrogen-bond donors (Lipinski definition) is 1. The van der Waals surface area contributed by atoms with Gasteiger partial charge in [-0.25, -0.2) is 0 Å². The minimum absolute atomic E-state index is 0.0600. The van der Waals surface area contributed by atoms with E-state index in [0.717, 1.165) is 5.56 Å². The van der Waals surface area contributed by atoms with E-state index >= 15 is 0 Å². The molecule has 1 aromatic heterocycles. The average Bonchev–Trinajstić information content (AvgIpc) is 2.03. The molecule has 0 spiro atoms. The number of nitrogens with zero attached hydrogens (tertiary/aromatic N) is 2. The molecule has 1 rings (SSSR count). The van der Waals surface area contributed by atoms with E-state index in [1.54, 1.807) is 12.3 Å². The maximum absolute atomic E-state index is 10.5. The average molecular weight is 150 g/mol. The van der Waals surface area contributed by atoms with Gasteiger partial charge in [0.05, 0.1) is 0 Å². The first-order valence-electron chi connectivity index (χ1n) is 3.22. The van der Waals surface area contributed by atoms with Gasteiger partial charge in [-0.15, -0.1) is 5.10 Å². The van der Waals surface area contributed by atoms with Crippen LogP contribution in [-0.2, 0) is 11.3 Å². The molecule has 0 fully saturated rings. The molecule has 0 bridgehead atoms. The van der Waals surface area contributed by atoms with Crippen LogP contribution in [0.3, 0.4) is 0 Å². The summed E-state index contributed by atoms with van der Waals surface area (Å²) in [7, 11) is 0. The van der Waals surface area contributed by atoms with Gasteiger partial charge in [0.25, 0.3) is 0 Å². The van der Waals surface area contributed by atoms with Gasteiger partial charge in [0.15, 0.2) is 0 Å². The highest BCUT2D eigenvalue weighted by atomic mass is 16.1. The lowest BCUT2D eigenvalue weighted by Crippen LogP contribution is -2.18. The second-order valence-corrected chi connectivity index (χ2v) is 2.08. The van der Waals surface area contributed by atoms with Crippen molar-refractivity contribution < 1.29 is 4.79 Å². The molecule has 1 heterocycles. The smallest absolute Gasteiger partial charge is 0.217 e. The quantitative estimate of drug-likeness (QED) is 0.641. The van der Waals surface area contributed by atoms with Crippen molar-refractivity contribution in [2.45, 2.75) is 13.5 Å². The van der Waals surface area contributed by atoms with Crippen LogP contribution >= 0.6 is 0 Å². The first-order chi connectivity index (χ1) is 5.29. The molecular weight excluding hydrogens is 142 g/mol. The number of nitrogens with one attached hydrogen (secondary N) is 1. The van der Waals surface area contributed by atoms with E-state index in [9.17, 15) is 4.79 Å². The third kappa shape index (κ3) is 2.75. The van der Waals surface area contributed by atoms with Crippen molar-refractivity contribution in [2.75, 3.05) is 0 Å². The van der Waals surface area contributed by atoms with Gasteiger partial charge < -0.3 is 5.32 Å². The van der Waals surface area contributed by atoms with Crippen LogP contribution in [-0.4, -0.2) is 16.1 Å². The van der Waals surface area contributed by atoms with Crippen molar-refractivity contribution in [3.63, 3.8) is 0 Å². The van der Waals surface area contributed by atoms with Gasteiger partial charge in [-0.3, -0.25) is 4.79 Å². The molecular formula is C7H8N3O. The van der Waals surface area contributed by atoms with Crippen LogP contribution < -0.4 is 5.32 Å². The van der Waals surface area contributed by atoms with Crippen LogP contribution in [0.25, 0.3) is 0 Å². The Morgan fingerprint density at radius 3 is 3.18 bits per heavy atom. The lowest BCUT2D eigenvalue weighted by Gasteiger charge is -1.98. The number of carbonyl (C=O) groups is 1. The molecule has 1 N–H and O–H groups in total. The van der Waals surface area contributed by atoms with Crippen molar-refractivity contribution in [1.29, 1.82) is 0 Å². The second kappa shape index (κ2) is 3.65. The number of amides is 1. The van der Waals surface area contributed by atoms with Crippen LogP contribution in [0.4, 0.5) is 0 Å². The molecule has 0 aliphatic rings. The minimum atomic E-state index is -0.0600. The lowest BCUT2D eigenvalue weighted by molar-refractivity contribution is -0.119. The fourth-order valence-electron chi connectivity index (χ4n) is 0.605. The molecule has 1 amide bonds. The second-order valence-electron chi connectivity index (χ2n) is 2.08. The van der Waals surface area contributed by atoms with Crippen molar-refractivity contribution in [3.8, 4) is 0 Å². The number of aromatic nitrogens is 2. The minimum Gasteiger partial charge on any atom is -0.352 e. The Morgan fingerprint density at radius 2 is 2.64 bits per heavy atom. The van der Waals surface area contributed by atoms with E-state index in [4.69, 9.17) is 0 Å². The Balaban J connectivity index is 2.45. The van der Waals surface area contributed by atoms with Gasteiger partial charge in [-0.05, 0) is 6.07 Å². The Kier molecular flexibility index (Phi) is 2.54. The van der Waals surface area contributed by atoms with Gasteiger partial charge in [0.1, 0.15) is 6.20 Å². The SMILES string of the molecule is CC(=O)NCc1[c]nncc1. The Hall–Kier alpha value is -1.45. The molecule has 0 aliphatic heterocycles. The highest BCUT2D eigenvalue weighted by Gasteiger charge is 1.93. The summed E-state index contributed by atoms with van der Waals surface area (Å²) in [6, 6.07) is 1.75. The molecule has 4 heteroatoms. The predicted octanol–water partition coefficient (Wildman–Crippen LogP) is -0.0871. The van der Waals surface area contributed by atoms with E-state index in [2.05, 4.69) is 21.7 Å². The Bertz CT molecular complexity index is 235. The zero-order valence-corrected chi connectivity index (χ0v) is 6.16. The van der Waals surface area contributed by atoms with Gasteiger partial charge >= 0.3 is 0 Å². The molecule has 0 saturated heterocycles. The largest absolute Gasteiger partial charge is 0.352 e. The molecule has 0 aliphatic carbocycles. The van der Waals surface area contributed by atoms with Crippen molar-refractivity contribution in [1.82, 2.24) is 15.5 Å². The monoisotopic (exact) mass is 150 g/mol. The topological polar surface area (TPSA) is 54.9 Å². The third-order valence-electron chi connectivity index (χ3n) is 1.12. The van der Waals surface area contributed by atoms with Crippen molar-refractivity contribution >= 4 is 5.91 Å². The summed E-state index contributed by atoms with van der Waals surface area (Å²) < 4.78 is 0. The fourth-order valence-corrected chi connectivity index (χ4v) is 0.605. The molecule has 1 aromatic rings. The summed E-state index contributed by atoms with van der Waals surface area (Å²) in [6.45, 7) is 1.93. The molecule has 57 valence electrons. The zero-order chi connectivity index (χ0) is 8.10. The number of hydrogen-bond acceptors (Lipinski definition) is 3. The summed E-state index contributed by atoms with van der Waals surface area (Å²) in [5, 5.41) is 9.71. The van der Waals surface area contributed by atoms with Crippen LogP contribution in [0.1, 0.15) is 12.5 Å². The molecule has 1 radical (unpaired) electrons. The van der Waals surface area contributed by atoms with Gasteiger partial charge in [-0.2, -0.15) is 5.10 Å². The predicted molar refractivity (Wildman–Crippen MR) is 38.4 cm³/mol. The van der Waals surface area contributed by atoms with Crippen molar-refractivity contribution in [3.05, 3.63) is 24.0 Å². The van der Waals surface area contributed by atoms with E-state index < -0.39 is 0 Å². The summed E-state index contributed by atoms with van der Waals surface area (Å²) in [6.07, 6.45) is 4.21. The van der Waals surface area contributed by atoms with E-state index in [-0.39, 0.29) is 5.91 Å². The van der Waals surface area contributed by atoms with Crippen LogP contribution in [0, 0.1) is 6.20 Å². The highest BCUT2D eigenvalue weighted by molar-refractivity contribution is 5.72. The standard InChI is InChI=1S/C7H8N3O/c1-6(11)8-4-7-2-3-9-10-5-7/h2-3H,4H2,1H3,(H,8,11). The normalized spacial score (nSPS) is 9.18. The molecule has 4 nitrogen and oxygen atoms in total. The van der Waals surface area contributed by atoms with Gasteiger partial charge in [0.2, 0.25) is 5.91 Å². The summed E-state index contributed by atoms with van der Waals surface area (Å²) in [5.74, 6) is -0.0600. The summed E-state index contributed by atoms with van der Waals surface area (Å²) in [5.41, 5.74) is 0.829. The molecule has 0 aromatic carbocycles. The van der Waals surface area contributed by atoms with E-state index in [0.29, 0.717) is 6.54 Å². The Morgan fingerprint density at radius 1 is 1.82 bits per heavy atom. The fraction of sp³-hybridized carbons (Fsp3) is 0.286. The highest BCUT2D eigenvalue weighted by Crippen LogP contribution is 1.90. The summed E-state index contributed by atoms with van der Waals surface area (Å²) in [4.78, 5) is 10.5. The summed E-state index contributed by atoms with van der Waals surface area (Å²) >= 11 is 0. The molecule has 0 atom stereocenters. The van der Waals surface area contributed by atoms with E-state index in [1.165, 1.54) is 6.92 Å². The molecule has 11 heavy (non-hydrogen) atoms. The van der Waals surface area contributed by atoms with Gasteiger partial charge in [0, 0.05) is 25.2 Å². The Labute approximate surface area is 64.6 Å². The molecule has 0 saturated carbocycles. The van der Waals surface area contributed by atoms with Crippen LogP contribution in [0.15, 0.2) is 12.3 Å². The van der Waals surface area contributed by atoms with Crippen molar-refractivity contribution in [2.24, 2.45) is 0 Å². The first kappa shape index (κ1) is 7.65. The van der Waals surface area contributed by atoms with Gasteiger partial charge in [-0.1, -0.05) is 0 Å². The third-order valence-corrected chi connectivity index (χ3v) is 1.12. The number of rotatable bonds is 2. The first-order valence-corrected chi connectivity index (χ1v) is 3.22. The zero-order valence-electron chi connectivity index (χ0n) is 6.16. The number of carbonyl (C=O) groups excluding carboxylic acids is 1. The maximum atomic E-state index is 10.5. The maximum Gasteiger partial charge on any atom is 0.217 e.